The highest BCUT2D eigenvalue weighted by Crippen LogP contribution is 2.50. The molecule has 1 spiro atoms. The fraction of sp³-hybridized carbons (Fsp3) is 0.462. The van der Waals surface area contributed by atoms with Crippen molar-refractivity contribution in [2.45, 2.75) is 18.3 Å². The first-order chi connectivity index (χ1) is 8.56. The normalized spacial score (nSPS) is 21.5. The zero-order chi connectivity index (χ0) is 12.9. The Labute approximate surface area is 128 Å². The van der Waals surface area contributed by atoms with Gasteiger partial charge in [0.1, 0.15) is 0 Å². The van der Waals surface area contributed by atoms with E-state index in [4.69, 9.17) is 4.74 Å². The Balaban J connectivity index is 2.23. The van der Waals surface area contributed by atoms with Gasteiger partial charge in [-0.15, -0.1) is 0 Å². The second kappa shape index (κ2) is 4.45. The molecule has 1 aromatic carbocycles. The van der Waals surface area contributed by atoms with Crippen molar-refractivity contribution in [3.63, 3.8) is 0 Å². The van der Waals surface area contributed by atoms with Crippen molar-refractivity contribution in [3.05, 3.63) is 25.7 Å². The minimum atomic E-state index is -0.355. The largest absolute Gasteiger partial charge is 0.381 e. The molecule has 0 unspecified atom stereocenters. The molecule has 0 saturated carbocycles. The fourth-order valence-electron chi connectivity index (χ4n) is 3.01. The topological polar surface area (TPSA) is 29.5 Å². The van der Waals surface area contributed by atoms with Crippen molar-refractivity contribution >= 4 is 50.1 Å². The lowest BCUT2D eigenvalue weighted by Gasteiger charge is -2.32. The van der Waals surface area contributed by atoms with Gasteiger partial charge in [-0.2, -0.15) is 0 Å². The van der Waals surface area contributed by atoms with Crippen LogP contribution in [0.15, 0.2) is 16.6 Å². The Bertz CT molecular complexity index is 526. The van der Waals surface area contributed by atoms with Gasteiger partial charge in [-0.1, -0.05) is 0 Å². The molecule has 1 fully saturated rings. The van der Waals surface area contributed by atoms with Crippen molar-refractivity contribution in [2.24, 2.45) is 0 Å². The second-order valence-corrected chi connectivity index (χ2v) is 6.94. The van der Waals surface area contributed by atoms with E-state index >= 15 is 0 Å². The maximum Gasteiger partial charge on any atom is 0.237 e. The van der Waals surface area contributed by atoms with Gasteiger partial charge in [0.25, 0.3) is 0 Å². The number of benzene rings is 1. The minimum Gasteiger partial charge on any atom is -0.381 e. The smallest absolute Gasteiger partial charge is 0.237 e. The van der Waals surface area contributed by atoms with E-state index in [-0.39, 0.29) is 11.3 Å². The highest BCUT2D eigenvalue weighted by atomic mass is 127. The molecular formula is C13H13BrINO2. The molecule has 18 heavy (non-hydrogen) atoms. The number of fused-ring (bicyclic) bond motifs is 2. The molecule has 0 N–H and O–H groups in total. The van der Waals surface area contributed by atoms with Crippen molar-refractivity contribution in [3.8, 4) is 0 Å². The molecule has 0 aromatic heterocycles. The fourth-order valence-corrected chi connectivity index (χ4v) is 4.79. The number of anilines is 1. The summed E-state index contributed by atoms with van der Waals surface area (Å²) in [6.07, 6.45) is 1.57. The third-order valence-corrected chi connectivity index (χ3v) is 5.17. The Morgan fingerprint density at radius 2 is 2.06 bits per heavy atom. The Morgan fingerprint density at radius 3 is 2.72 bits per heavy atom. The monoisotopic (exact) mass is 421 g/mol. The summed E-state index contributed by atoms with van der Waals surface area (Å²) in [5.41, 5.74) is 1.84. The molecule has 2 aliphatic heterocycles. The number of carbonyl (C=O) groups is 1. The SMILES string of the molecule is CN1C(=O)C2(CCOCC2)c2cc(I)cc(Br)c21. The lowest BCUT2D eigenvalue weighted by molar-refractivity contribution is -0.126. The predicted octanol–water partition coefficient (Wildman–Crippen LogP) is 3.08. The second-order valence-electron chi connectivity index (χ2n) is 4.84. The summed E-state index contributed by atoms with van der Waals surface area (Å²) < 4.78 is 7.59. The standard InChI is InChI=1S/C13H13BrINO2/c1-16-11-9(6-8(15)7-10(11)14)13(12(16)17)2-4-18-5-3-13/h6-7H,2-5H2,1H3. The van der Waals surface area contributed by atoms with Crippen molar-refractivity contribution < 1.29 is 9.53 Å². The van der Waals surface area contributed by atoms with Crippen LogP contribution in [0.5, 0.6) is 0 Å². The van der Waals surface area contributed by atoms with Gasteiger partial charge >= 0.3 is 0 Å². The lowest BCUT2D eigenvalue weighted by Crippen LogP contribution is -2.42. The number of ether oxygens (including phenoxy) is 1. The summed E-state index contributed by atoms with van der Waals surface area (Å²) in [5, 5.41) is 0. The Morgan fingerprint density at radius 1 is 1.39 bits per heavy atom. The third kappa shape index (κ3) is 1.67. The summed E-state index contributed by atoms with van der Waals surface area (Å²) in [4.78, 5) is 14.4. The van der Waals surface area contributed by atoms with Gasteiger partial charge in [0, 0.05) is 28.3 Å². The summed E-state index contributed by atoms with van der Waals surface area (Å²) >= 11 is 5.89. The number of halogens is 2. The first-order valence-electron chi connectivity index (χ1n) is 5.92. The predicted molar refractivity (Wildman–Crippen MR) is 82.0 cm³/mol. The van der Waals surface area contributed by atoms with Gasteiger partial charge in [0.05, 0.1) is 11.1 Å². The van der Waals surface area contributed by atoms with E-state index in [9.17, 15) is 4.79 Å². The van der Waals surface area contributed by atoms with Crippen LogP contribution in [0, 0.1) is 3.57 Å². The van der Waals surface area contributed by atoms with E-state index in [0.29, 0.717) is 13.2 Å². The number of hydrogen-bond acceptors (Lipinski definition) is 2. The summed E-state index contributed by atoms with van der Waals surface area (Å²) in [7, 11) is 1.86. The average Bonchev–Trinajstić information content (AvgIpc) is 2.54. The third-order valence-electron chi connectivity index (χ3n) is 3.94. The zero-order valence-electron chi connectivity index (χ0n) is 10.0. The van der Waals surface area contributed by atoms with E-state index in [1.807, 2.05) is 7.05 Å². The van der Waals surface area contributed by atoms with E-state index in [1.165, 1.54) is 0 Å². The van der Waals surface area contributed by atoms with Crippen LogP contribution in [-0.2, 0) is 14.9 Å². The first-order valence-corrected chi connectivity index (χ1v) is 7.79. The highest BCUT2D eigenvalue weighted by Gasteiger charge is 2.51. The maximum atomic E-state index is 12.6. The molecule has 96 valence electrons. The Hall–Kier alpha value is -0.140. The van der Waals surface area contributed by atoms with Crippen LogP contribution in [0.1, 0.15) is 18.4 Å². The number of carbonyl (C=O) groups excluding carboxylic acids is 1. The van der Waals surface area contributed by atoms with Gasteiger partial charge in [0.2, 0.25) is 5.91 Å². The molecule has 0 radical (unpaired) electrons. The van der Waals surface area contributed by atoms with Crippen LogP contribution in [-0.4, -0.2) is 26.2 Å². The first kappa shape index (κ1) is 12.9. The van der Waals surface area contributed by atoms with Gasteiger partial charge < -0.3 is 9.64 Å². The molecule has 1 saturated heterocycles. The summed E-state index contributed by atoms with van der Waals surface area (Å²) in [5.74, 6) is 0.212. The van der Waals surface area contributed by atoms with Crippen LogP contribution in [0.3, 0.4) is 0 Å². The number of rotatable bonds is 0. The van der Waals surface area contributed by atoms with Gasteiger partial charge in [-0.05, 0) is 69.1 Å². The maximum absolute atomic E-state index is 12.6. The zero-order valence-corrected chi connectivity index (χ0v) is 13.7. The van der Waals surface area contributed by atoms with E-state index in [1.54, 1.807) is 4.90 Å². The lowest BCUT2D eigenvalue weighted by atomic mass is 9.75. The minimum absolute atomic E-state index is 0.212. The molecule has 1 amide bonds. The van der Waals surface area contributed by atoms with Gasteiger partial charge in [-0.25, -0.2) is 0 Å². The molecule has 3 rings (SSSR count). The van der Waals surface area contributed by atoms with Crippen LogP contribution in [0.4, 0.5) is 5.69 Å². The van der Waals surface area contributed by atoms with Gasteiger partial charge in [0.15, 0.2) is 0 Å². The van der Waals surface area contributed by atoms with Crippen LogP contribution in [0.2, 0.25) is 0 Å². The molecule has 1 aromatic rings. The number of amides is 1. The van der Waals surface area contributed by atoms with Crippen molar-refractivity contribution in [1.29, 1.82) is 0 Å². The summed E-state index contributed by atoms with van der Waals surface area (Å²) in [6, 6.07) is 4.20. The molecule has 2 aliphatic rings. The molecule has 0 atom stereocenters. The molecule has 0 bridgehead atoms. The van der Waals surface area contributed by atoms with Crippen LogP contribution in [0.25, 0.3) is 0 Å². The number of hydrogen-bond donors (Lipinski definition) is 0. The summed E-state index contributed by atoms with van der Waals surface area (Å²) in [6.45, 7) is 1.34. The molecule has 3 nitrogen and oxygen atoms in total. The van der Waals surface area contributed by atoms with Gasteiger partial charge in [-0.3, -0.25) is 4.79 Å². The number of likely N-dealkylation sites (N-methyl/N-ethyl adjacent to an activating group) is 1. The molecule has 5 heteroatoms. The Kier molecular flexibility index (Phi) is 3.18. The molecular weight excluding hydrogens is 409 g/mol. The highest BCUT2D eigenvalue weighted by molar-refractivity contribution is 14.1. The van der Waals surface area contributed by atoms with E-state index < -0.39 is 0 Å². The molecule has 0 aliphatic carbocycles. The van der Waals surface area contributed by atoms with Crippen molar-refractivity contribution in [1.82, 2.24) is 0 Å². The van der Waals surface area contributed by atoms with E-state index in [0.717, 1.165) is 32.1 Å². The van der Waals surface area contributed by atoms with Crippen molar-refractivity contribution in [2.75, 3.05) is 25.2 Å². The molecule has 2 heterocycles. The quantitative estimate of drug-likeness (QED) is 0.602. The number of nitrogens with zero attached hydrogens (tertiary/aromatic N) is 1. The average molecular weight is 422 g/mol. The van der Waals surface area contributed by atoms with E-state index in [2.05, 4.69) is 50.7 Å². The van der Waals surface area contributed by atoms with Crippen LogP contribution >= 0.6 is 38.5 Å². The van der Waals surface area contributed by atoms with Crippen LogP contribution < -0.4 is 4.90 Å².